The lowest BCUT2D eigenvalue weighted by molar-refractivity contribution is 0.0543. The van der Waals surface area contributed by atoms with Gasteiger partial charge in [0.15, 0.2) is 0 Å². The predicted octanol–water partition coefficient (Wildman–Crippen LogP) is 2.12. The highest BCUT2D eigenvalue weighted by Crippen LogP contribution is 2.13. The smallest absolute Gasteiger partial charge is 0.0596 e. The monoisotopic (exact) mass is 242 g/mol. The molecule has 1 heterocycles. The predicted molar refractivity (Wildman–Crippen MR) is 73.4 cm³/mol. The van der Waals surface area contributed by atoms with Gasteiger partial charge in [-0.25, -0.2) is 0 Å². The van der Waals surface area contributed by atoms with Gasteiger partial charge in [0, 0.05) is 13.1 Å². The van der Waals surface area contributed by atoms with Gasteiger partial charge in [-0.2, -0.15) is 0 Å². The van der Waals surface area contributed by atoms with Crippen LogP contribution in [0.5, 0.6) is 0 Å². The molecule has 3 nitrogen and oxygen atoms in total. The lowest BCUT2D eigenvalue weighted by Crippen LogP contribution is -2.38. The lowest BCUT2D eigenvalue weighted by atomic mass is 9.97. The Morgan fingerprint density at radius 1 is 1.24 bits per heavy atom. The topological polar surface area (TPSA) is 24.5 Å². The van der Waals surface area contributed by atoms with E-state index in [2.05, 4.69) is 31.0 Å². The van der Waals surface area contributed by atoms with Gasteiger partial charge >= 0.3 is 0 Å². The van der Waals surface area contributed by atoms with Gasteiger partial charge in [0.05, 0.1) is 12.7 Å². The molecular formula is C14H30N2O. The quantitative estimate of drug-likeness (QED) is 0.705. The number of nitrogens with one attached hydrogen (secondary N) is 1. The first kappa shape index (κ1) is 14.9. The maximum atomic E-state index is 5.65. The van der Waals surface area contributed by atoms with Gasteiger partial charge in [-0.3, -0.25) is 0 Å². The largest absolute Gasteiger partial charge is 0.377 e. The lowest BCUT2D eigenvalue weighted by Gasteiger charge is -2.30. The fraction of sp³-hybridized carbons (Fsp3) is 1.00. The Kier molecular flexibility index (Phi) is 7.82. The van der Waals surface area contributed by atoms with Crippen molar-refractivity contribution < 1.29 is 4.74 Å². The number of hydrogen-bond acceptors (Lipinski definition) is 3. The third-order valence-corrected chi connectivity index (χ3v) is 3.37. The molecule has 17 heavy (non-hydrogen) atoms. The van der Waals surface area contributed by atoms with E-state index in [0.717, 1.165) is 19.1 Å². The molecule has 0 aliphatic carbocycles. The van der Waals surface area contributed by atoms with Crippen LogP contribution in [0.15, 0.2) is 0 Å². The Hall–Kier alpha value is -0.120. The summed E-state index contributed by atoms with van der Waals surface area (Å²) in [4.78, 5) is 2.58. The number of ether oxygens (including phenoxy) is 1. The SMILES string of the molecule is CCCN(CCOC(C)C)CC1CCNCC1. The molecule has 102 valence electrons. The molecule has 3 heteroatoms. The Morgan fingerprint density at radius 3 is 2.53 bits per heavy atom. The summed E-state index contributed by atoms with van der Waals surface area (Å²) in [6.45, 7) is 13.3. The van der Waals surface area contributed by atoms with Gasteiger partial charge in [0.2, 0.25) is 0 Å². The van der Waals surface area contributed by atoms with E-state index in [4.69, 9.17) is 4.74 Å². The van der Waals surface area contributed by atoms with Crippen LogP contribution in [0.1, 0.15) is 40.0 Å². The van der Waals surface area contributed by atoms with E-state index in [1.165, 1.54) is 45.4 Å². The Bertz CT molecular complexity index is 179. The van der Waals surface area contributed by atoms with Crippen LogP contribution in [0.3, 0.4) is 0 Å². The van der Waals surface area contributed by atoms with E-state index in [1.54, 1.807) is 0 Å². The van der Waals surface area contributed by atoms with Crippen molar-refractivity contribution in [2.75, 3.05) is 39.3 Å². The van der Waals surface area contributed by atoms with Crippen molar-refractivity contribution in [3.63, 3.8) is 0 Å². The van der Waals surface area contributed by atoms with Crippen LogP contribution < -0.4 is 5.32 Å². The van der Waals surface area contributed by atoms with Gasteiger partial charge < -0.3 is 15.0 Å². The van der Waals surface area contributed by atoms with Gasteiger partial charge in [0.1, 0.15) is 0 Å². The summed E-state index contributed by atoms with van der Waals surface area (Å²) in [5.74, 6) is 0.891. The normalized spacial score (nSPS) is 18.2. The fourth-order valence-corrected chi connectivity index (χ4v) is 2.46. The Labute approximate surface area is 107 Å². The molecule has 0 amide bonds. The van der Waals surface area contributed by atoms with E-state index in [-0.39, 0.29) is 0 Å². The zero-order valence-electron chi connectivity index (χ0n) is 11.9. The molecule has 1 fully saturated rings. The van der Waals surface area contributed by atoms with Crippen molar-refractivity contribution in [1.82, 2.24) is 10.2 Å². The summed E-state index contributed by atoms with van der Waals surface area (Å²) in [7, 11) is 0. The molecule has 0 spiro atoms. The van der Waals surface area contributed by atoms with Gasteiger partial charge in [-0.1, -0.05) is 6.92 Å². The Morgan fingerprint density at radius 2 is 1.94 bits per heavy atom. The number of piperidine rings is 1. The maximum absolute atomic E-state index is 5.65. The van der Waals surface area contributed by atoms with Gasteiger partial charge in [-0.15, -0.1) is 0 Å². The number of nitrogens with zero attached hydrogens (tertiary/aromatic N) is 1. The van der Waals surface area contributed by atoms with Crippen molar-refractivity contribution >= 4 is 0 Å². The van der Waals surface area contributed by atoms with Crippen molar-refractivity contribution in [2.45, 2.75) is 46.1 Å². The first-order valence-corrected chi connectivity index (χ1v) is 7.27. The van der Waals surface area contributed by atoms with Crippen LogP contribution in [0, 0.1) is 5.92 Å². The standard InChI is InChI=1S/C14H30N2O/c1-4-9-16(10-11-17-13(2)3)12-14-5-7-15-8-6-14/h13-15H,4-12H2,1-3H3. The third kappa shape index (κ3) is 7.02. The van der Waals surface area contributed by atoms with Crippen LogP contribution in [-0.4, -0.2) is 50.3 Å². The minimum atomic E-state index is 0.359. The van der Waals surface area contributed by atoms with Crippen molar-refractivity contribution in [3.8, 4) is 0 Å². The molecular weight excluding hydrogens is 212 g/mol. The fourth-order valence-electron chi connectivity index (χ4n) is 2.46. The first-order chi connectivity index (χ1) is 8.22. The molecule has 1 aliphatic rings. The molecule has 0 unspecified atom stereocenters. The van der Waals surface area contributed by atoms with Crippen LogP contribution in [0.2, 0.25) is 0 Å². The van der Waals surface area contributed by atoms with Crippen molar-refractivity contribution in [1.29, 1.82) is 0 Å². The molecule has 0 radical (unpaired) electrons. The zero-order chi connectivity index (χ0) is 12.5. The minimum Gasteiger partial charge on any atom is -0.377 e. The molecule has 0 bridgehead atoms. The zero-order valence-corrected chi connectivity index (χ0v) is 11.9. The van der Waals surface area contributed by atoms with Crippen molar-refractivity contribution in [3.05, 3.63) is 0 Å². The van der Waals surface area contributed by atoms with Crippen LogP contribution in [0.4, 0.5) is 0 Å². The summed E-state index contributed by atoms with van der Waals surface area (Å²) in [5, 5.41) is 3.43. The summed E-state index contributed by atoms with van der Waals surface area (Å²) in [6, 6.07) is 0. The first-order valence-electron chi connectivity index (χ1n) is 7.27. The summed E-state index contributed by atoms with van der Waals surface area (Å²) in [6.07, 6.45) is 4.28. The van der Waals surface area contributed by atoms with Crippen LogP contribution >= 0.6 is 0 Å². The highest BCUT2D eigenvalue weighted by molar-refractivity contribution is 4.72. The van der Waals surface area contributed by atoms with Gasteiger partial charge in [0.25, 0.3) is 0 Å². The molecule has 0 atom stereocenters. The van der Waals surface area contributed by atoms with E-state index < -0.39 is 0 Å². The molecule has 1 N–H and O–H groups in total. The van der Waals surface area contributed by atoms with Crippen molar-refractivity contribution in [2.24, 2.45) is 5.92 Å². The van der Waals surface area contributed by atoms with E-state index >= 15 is 0 Å². The van der Waals surface area contributed by atoms with E-state index in [0.29, 0.717) is 6.10 Å². The summed E-state index contributed by atoms with van der Waals surface area (Å²) >= 11 is 0. The summed E-state index contributed by atoms with van der Waals surface area (Å²) < 4.78 is 5.65. The average Bonchev–Trinajstić information content (AvgIpc) is 2.30. The summed E-state index contributed by atoms with van der Waals surface area (Å²) in [5.41, 5.74) is 0. The van der Waals surface area contributed by atoms with E-state index in [9.17, 15) is 0 Å². The van der Waals surface area contributed by atoms with E-state index in [1.807, 2.05) is 0 Å². The molecule has 0 aromatic heterocycles. The highest BCUT2D eigenvalue weighted by atomic mass is 16.5. The minimum absolute atomic E-state index is 0.359. The second-order valence-corrected chi connectivity index (χ2v) is 5.41. The second kappa shape index (κ2) is 8.90. The average molecular weight is 242 g/mol. The van der Waals surface area contributed by atoms with Gasteiger partial charge in [-0.05, 0) is 58.7 Å². The number of rotatable bonds is 8. The molecule has 1 rings (SSSR count). The van der Waals surface area contributed by atoms with Crippen LogP contribution in [-0.2, 0) is 4.74 Å². The maximum Gasteiger partial charge on any atom is 0.0596 e. The number of hydrogen-bond donors (Lipinski definition) is 1. The second-order valence-electron chi connectivity index (χ2n) is 5.41. The molecule has 0 aromatic rings. The molecule has 1 saturated heterocycles. The third-order valence-electron chi connectivity index (χ3n) is 3.37. The Balaban J connectivity index is 2.21. The molecule has 0 aromatic carbocycles. The van der Waals surface area contributed by atoms with Crippen LogP contribution in [0.25, 0.3) is 0 Å². The molecule has 1 aliphatic heterocycles. The molecule has 0 saturated carbocycles. The highest BCUT2D eigenvalue weighted by Gasteiger charge is 2.16.